The van der Waals surface area contributed by atoms with Crippen LogP contribution < -0.4 is 0 Å². The van der Waals surface area contributed by atoms with Gasteiger partial charge in [0.2, 0.25) is 0 Å². The van der Waals surface area contributed by atoms with Crippen molar-refractivity contribution < 1.29 is 14.6 Å². The van der Waals surface area contributed by atoms with E-state index in [1.54, 1.807) is 13.0 Å². The van der Waals surface area contributed by atoms with Gasteiger partial charge in [0.25, 0.3) is 0 Å². The van der Waals surface area contributed by atoms with E-state index in [9.17, 15) is 4.79 Å². The van der Waals surface area contributed by atoms with Crippen LogP contribution >= 0.6 is 0 Å². The molecule has 0 saturated carbocycles. The third-order valence-corrected chi connectivity index (χ3v) is 2.12. The summed E-state index contributed by atoms with van der Waals surface area (Å²) in [6.07, 6.45) is 9.67. The molecule has 1 aromatic carbocycles. The molecule has 0 bridgehead atoms. The van der Waals surface area contributed by atoms with Crippen LogP contribution in [0.3, 0.4) is 0 Å². The van der Waals surface area contributed by atoms with E-state index >= 15 is 0 Å². The molecule has 21 heavy (non-hydrogen) atoms. The third-order valence-electron chi connectivity index (χ3n) is 2.12. The smallest absolute Gasteiger partial charge is 0.333 e. The number of hydrogen-bond acceptors (Lipinski definition) is 3. The van der Waals surface area contributed by atoms with Gasteiger partial charge >= 0.3 is 5.97 Å². The average molecular weight is 286 g/mol. The summed E-state index contributed by atoms with van der Waals surface area (Å²) in [6, 6.07) is 10.2. The lowest BCUT2D eigenvalue weighted by atomic mass is 10.2. The number of aliphatic hydroxyl groups is 1. The number of carbonyl (C=O) groups excluding carboxylic acids is 1. The van der Waals surface area contributed by atoms with Crippen molar-refractivity contribution in [1.82, 2.24) is 0 Å². The number of hydrogen-bond donors (Lipinski definition) is 1. The maximum Gasteiger partial charge on any atom is 0.333 e. The topological polar surface area (TPSA) is 46.5 Å². The summed E-state index contributed by atoms with van der Waals surface area (Å²) in [5, 5.41) is 8.19. The Bertz CT molecular complexity index is 484. The molecule has 1 rings (SSSR count). The first-order valence-corrected chi connectivity index (χ1v) is 6.56. The number of esters is 1. The van der Waals surface area contributed by atoms with Crippen molar-refractivity contribution in [1.29, 1.82) is 0 Å². The van der Waals surface area contributed by atoms with E-state index in [0.29, 0.717) is 5.57 Å². The number of aliphatic hydroxyl groups excluding tert-OH is 1. The summed E-state index contributed by atoms with van der Waals surface area (Å²) < 4.78 is 4.46. The van der Waals surface area contributed by atoms with Gasteiger partial charge in [0.05, 0.1) is 6.61 Å². The minimum absolute atomic E-state index is 0.0473. The Hall–Kier alpha value is -2.39. The molecule has 0 fully saturated rings. The lowest BCUT2D eigenvalue weighted by Gasteiger charge is -1.99. The molecule has 1 N–H and O–H groups in total. The SMILES string of the molecule is C=C(C)C(=O)OCCO.C=CC=CC=Cc1ccccc1. The standard InChI is InChI=1S/C12H12.C6H10O3/c1-2-3-4-6-9-12-10-7-5-8-11-12;1-5(2)6(8)9-4-3-7/h2-11H,1H2;7H,1,3-4H2,2H3. The highest BCUT2D eigenvalue weighted by molar-refractivity contribution is 5.86. The quantitative estimate of drug-likeness (QED) is 0.494. The third kappa shape index (κ3) is 11.2. The molecule has 0 heterocycles. The molecule has 0 radical (unpaired) electrons. The van der Waals surface area contributed by atoms with E-state index in [2.05, 4.69) is 36.1 Å². The zero-order valence-electron chi connectivity index (χ0n) is 12.4. The Morgan fingerprint density at radius 1 is 1.24 bits per heavy atom. The van der Waals surface area contributed by atoms with Crippen LogP contribution in [0.25, 0.3) is 6.08 Å². The highest BCUT2D eigenvalue weighted by atomic mass is 16.5. The molecule has 1 aromatic rings. The van der Waals surface area contributed by atoms with Crippen LogP contribution in [0.2, 0.25) is 0 Å². The molecule has 0 unspecified atom stereocenters. The van der Waals surface area contributed by atoms with Crippen LogP contribution in [0.4, 0.5) is 0 Å². The molecule has 0 spiro atoms. The van der Waals surface area contributed by atoms with Gasteiger partial charge in [-0.15, -0.1) is 0 Å². The van der Waals surface area contributed by atoms with Crippen molar-refractivity contribution in [2.75, 3.05) is 13.2 Å². The summed E-state index contributed by atoms with van der Waals surface area (Å²) in [7, 11) is 0. The number of ether oxygens (including phenoxy) is 1. The van der Waals surface area contributed by atoms with Crippen LogP contribution in [0.5, 0.6) is 0 Å². The van der Waals surface area contributed by atoms with Crippen LogP contribution in [-0.2, 0) is 9.53 Å². The highest BCUT2D eigenvalue weighted by Crippen LogP contribution is 2.00. The molecule has 0 atom stereocenters. The normalized spacial score (nSPS) is 10.0. The van der Waals surface area contributed by atoms with Crippen molar-refractivity contribution in [3.63, 3.8) is 0 Å². The van der Waals surface area contributed by atoms with Crippen molar-refractivity contribution in [2.45, 2.75) is 6.92 Å². The summed E-state index contributed by atoms with van der Waals surface area (Å²) in [6.45, 7) is 8.40. The molecule has 0 aliphatic carbocycles. The van der Waals surface area contributed by atoms with Crippen molar-refractivity contribution in [2.24, 2.45) is 0 Å². The predicted octanol–water partition coefficient (Wildman–Crippen LogP) is 3.54. The van der Waals surface area contributed by atoms with Gasteiger partial charge < -0.3 is 9.84 Å². The maximum atomic E-state index is 10.5. The molecule has 0 aliphatic heterocycles. The van der Waals surface area contributed by atoms with Crippen molar-refractivity contribution in [3.8, 4) is 0 Å². The van der Waals surface area contributed by atoms with Crippen LogP contribution in [0.15, 0.2) is 73.4 Å². The zero-order valence-corrected chi connectivity index (χ0v) is 12.4. The molecule has 0 saturated heterocycles. The Morgan fingerprint density at radius 2 is 1.90 bits per heavy atom. The summed E-state index contributed by atoms with van der Waals surface area (Å²) in [4.78, 5) is 10.5. The first-order valence-electron chi connectivity index (χ1n) is 6.56. The fourth-order valence-electron chi connectivity index (χ4n) is 1.14. The average Bonchev–Trinajstić information content (AvgIpc) is 2.51. The molecular formula is C18H22O3. The first kappa shape index (κ1) is 18.6. The van der Waals surface area contributed by atoms with E-state index in [0.717, 1.165) is 0 Å². The lowest BCUT2D eigenvalue weighted by Crippen LogP contribution is -2.08. The van der Waals surface area contributed by atoms with E-state index < -0.39 is 5.97 Å². The van der Waals surface area contributed by atoms with Crippen molar-refractivity contribution >= 4 is 12.0 Å². The molecule has 3 nitrogen and oxygen atoms in total. The Labute approximate surface area is 126 Å². The Balaban J connectivity index is 0.000000400. The number of rotatable bonds is 6. The van der Waals surface area contributed by atoms with E-state index in [-0.39, 0.29) is 13.2 Å². The van der Waals surface area contributed by atoms with E-state index in [1.807, 2.05) is 36.4 Å². The monoisotopic (exact) mass is 286 g/mol. The predicted molar refractivity (Wildman–Crippen MR) is 87.7 cm³/mol. The first-order chi connectivity index (χ1) is 10.1. The summed E-state index contributed by atoms with van der Waals surface area (Å²) >= 11 is 0. The second kappa shape index (κ2) is 12.6. The maximum absolute atomic E-state index is 10.5. The van der Waals surface area contributed by atoms with Gasteiger partial charge in [0.15, 0.2) is 0 Å². The van der Waals surface area contributed by atoms with E-state index in [1.165, 1.54) is 5.56 Å². The van der Waals surface area contributed by atoms with Gasteiger partial charge in [0, 0.05) is 5.57 Å². The molecule has 0 amide bonds. The largest absolute Gasteiger partial charge is 0.460 e. The molecular weight excluding hydrogens is 264 g/mol. The lowest BCUT2D eigenvalue weighted by molar-refractivity contribution is -0.139. The minimum atomic E-state index is -0.455. The van der Waals surface area contributed by atoms with Crippen LogP contribution in [-0.4, -0.2) is 24.3 Å². The van der Waals surface area contributed by atoms with Crippen LogP contribution in [0, 0.1) is 0 Å². The summed E-state index contributed by atoms with van der Waals surface area (Å²) in [5.74, 6) is -0.455. The van der Waals surface area contributed by atoms with Crippen LogP contribution in [0.1, 0.15) is 12.5 Å². The number of benzene rings is 1. The molecule has 3 heteroatoms. The highest BCUT2D eigenvalue weighted by Gasteiger charge is 1.99. The number of allylic oxidation sites excluding steroid dienone is 4. The van der Waals surface area contributed by atoms with Crippen molar-refractivity contribution in [3.05, 3.63) is 78.9 Å². The zero-order chi connectivity index (χ0) is 15.9. The Kier molecular flexibility index (Phi) is 11.2. The Morgan fingerprint density at radius 3 is 2.43 bits per heavy atom. The fraction of sp³-hybridized carbons (Fsp3) is 0.167. The van der Waals surface area contributed by atoms with Gasteiger partial charge in [0.1, 0.15) is 6.61 Å². The summed E-state index contributed by atoms with van der Waals surface area (Å²) in [5.41, 5.74) is 1.56. The molecule has 0 aliphatic rings. The van der Waals surface area contributed by atoms with Gasteiger partial charge in [-0.3, -0.25) is 0 Å². The van der Waals surface area contributed by atoms with E-state index in [4.69, 9.17) is 5.11 Å². The van der Waals surface area contributed by atoms with Gasteiger partial charge in [-0.1, -0.05) is 73.9 Å². The van der Waals surface area contributed by atoms with Gasteiger partial charge in [-0.25, -0.2) is 4.79 Å². The second-order valence-electron chi connectivity index (χ2n) is 4.03. The molecule has 0 aromatic heterocycles. The minimum Gasteiger partial charge on any atom is -0.460 e. The van der Waals surface area contributed by atoms with Gasteiger partial charge in [-0.2, -0.15) is 0 Å². The molecule has 112 valence electrons. The number of carbonyl (C=O) groups is 1. The fourth-order valence-corrected chi connectivity index (χ4v) is 1.14. The second-order valence-corrected chi connectivity index (χ2v) is 4.03. The van der Waals surface area contributed by atoms with Gasteiger partial charge in [-0.05, 0) is 12.5 Å².